The normalized spacial score (nSPS) is 14.2. The highest BCUT2D eigenvalue weighted by Crippen LogP contribution is 2.15. The van der Waals surface area contributed by atoms with E-state index in [-0.39, 0.29) is 5.91 Å². The lowest BCUT2D eigenvalue weighted by Crippen LogP contribution is -2.46. The molecule has 0 saturated heterocycles. The van der Waals surface area contributed by atoms with E-state index in [2.05, 4.69) is 25.5 Å². The molecular weight excluding hydrogens is 354 g/mol. The molecule has 8 heteroatoms. The molecule has 1 aliphatic heterocycles. The minimum absolute atomic E-state index is 0.306. The molecule has 3 N–H and O–H groups in total. The van der Waals surface area contributed by atoms with Crippen molar-refractivity contribution in [2.45, 2.75) is 45.3 Å². The van der Waals surface area contributed by atoms with E-state index >= 15 is 0 Å². The summed E-state index contributed by atoms with van der Waals surface area (Å²) in [6.45, 7) is 2.94. The first kappa shape index (κ1) is 18.3. The Labute approximate surface area is 157 Å². The number of rotatable bonds is 5. The zero-order chi connectivity index (χ0) is 18.5. The number of halogens is 1. The van der Waals surface area contributed by atoms with Gasteiger partial charge < -0.3 is 20.5 Å². The molecule has 2 aromatic rings. The van der Waals surface area contributed by atoms with Crippen LogP contribution in [-0.2, 0) is 24.3 Å². The number of carbonyl (C=O) groups excluding carboxylic acids is 2. The molecule has 1 aromatic carbocycles. The van der Waals surface area contributed by atoms with Crippen LogP contribution in [0.2, 0.25) is 5.02 Å². The molecule has 0 saturated carbocycles. The molecule has 0 radical (unpaired) electrons. The van der Waals surface area contributed by atoms with Crippen molar-refractivity contribution in [3.63, 3.8) is 0 Å². The first-order valence-electron chi connectivity index (χ1n) is 8.67. The predicted octanol–water partition coefficient (Wildman–Crippen LogP) is 2.70. The van der Waals surface area contributed by atoms with E-state index in [1.54, 1.807) is 31.2 Å². The van der Waals surface area contributed by atoms with Gasteiger partial charge in [-0.2, -0.15) is 0 Å². The van der Waals surface area contributed by atoms with Gasteiger partial charge >= 0.3 is 6.03 Å². The minimum atomic E-state index is -0.680. The van der Waals surface area contributed by atoms with Gasteiger partial charge in [0.15, 0.2) is 0 Å². The van der Waals surface area contributed by atoms with E-state index in [0.29, 0.717) is 17.3 Å². The Balaban J connectivity index is 1.45. The maximum atomic E-state index is 12.1. The highest BCUT2D eigenvalue weighted by molar-refractivity contribution is 6.30. The van der Waals surface area contributed by atoms with E-state index in [4.69, 9.17) is 11.6 Å². The summed E-state index contributed by atoms with van der Waals surface area (Å²) in [6, 6.07) is 5.69. The molecule has 2 heterocycles. The number of aryl methyl sites for hydroxylation is 2. The number of benzene rings is 1. The molecule has 3 amide bonds. The van der Waals surface area contributed by atoms with E-state index in [0.717, 1.165) is 37.3 Å². The Bertz CT molecular complexity index is 764. The first-order chi connectivity index (χ1) is 12.5. The van der Waals surface area contributed by atoms with Crippen molar-refractivity contribution in [1.82, 2.24) is 20.2 Å². The third-order valence-corrected chi connectivity index (χ3v) is 4.49. The monoisotopic (exact) mass is 375 g/mol. The maximum absolute atomic E-state index is 12.1. The molecule has 1 aromatic heterocycles. The van der Waals surface area contributed by atoms with E-state index in [1.165, 1.54) is 0 Å². The van der Waals surface area contributed by atoms with Crippen LogP contribution >= 0.6 is 11.6 Å². The van der Waals surface area contributed by atoms with Gasteiger partial charge in [-0.25, -0.2) is 9.78 Å². The predicted molar refractivity (Wildman–Crippen MR) is 100 cm³/mol. The molecule has 0 bridgehead atoms. The molecule has 7 nitrogen and oxygen atoms in total. The molecular formula is C18H22ClN5O2. The van der Waals surface area contributed by atoms with Crippen molar-refractivity contribution in [2.75, 3.05) is 5.32 Å². The number of carbonyl (C=O) groups is 2. The molecule has 1 atom stereocenters. The number of imidazole rings is 1. The number of aromatic nitrogens is 2. The summed E-state index contributed by atoms with van der Waals surface area (Å²) < 4.78 is 2.14. The fourth-order valence-electron chi connectivity index (χ4n) is 2.82. The van der Waals surface area contributed by atoms with Gasteiger partial charge in [0.05, 0.1) is 12.2 Å². The van der Waals surface area contributed by atoms with Crippen LogP contribution in [0.25, 0.3) is 0 Å². The summed E-state index contributed by atoms with van der Waals surface area (Å²) in [5, 5.41) is 8.68. The minimum Gasteiger partial charge on any atom is -0.335 e. The lowest BCUT2D eigenvalue weighted by molar-refractivity contribution is -0.117. The average molecular weight is 376 g/mol. The Kier molecular flexibility index (Phi) is 5.78. The van der Waals surface area contributed by atoms with Gasteiger partial charge in [-0.1, -0.05) is 11.6 Å². The quantitative estimate of drug-likeness (QED) is 0.750. The van der Waals surface area contributed by atoms with Gasteiger partial charge in [0.1, 0.15) is 11.9 Å². The lowest BCUT2D eigenvalue weighted by atomic mass is 10.2. The van der Waals surface area contributed by atoms with Crippen molar-refractivity contribution in [2.24, 2.45) is 0 Å². The Hall–Kier alpha value is -2.54. The van der Waals surface area contributed by atoms with Crippen LogP contribution in [0.1, 0.15) is 31.3 Å². The third kappa shape index (κ3) is 4.76. The number of urea groups is 1. The zero-order valence-corrected chi connectivity index (χ0v) is 15.3. The first-order valence-corrected chi connectivity index (χ1v) is 9.05. The molecule has 0 spiro atoms. The maximum Gasteiger partial charge on any atom is 0.315 e. The summed E-state index contributed by atoms with van der Waals surface area (Å²) in [7, 11) is 0. The number of hydrogen-bond acceptors (Lipinski definition) is 3. The second-order valence-corrected chi connectivity index (χ2v) is 6.78. The molecule has 26 heavy (non-hydrogen) atoms. The van der Waals surface area contributed by atoms with Gasteiger partial charge in [0, 0.05) is 29.9 Å². The van der Waals surface area contributed by atoms with Crippen molar-refractivity contribution in [3.8, 4) is 0 Å². The van der Waals surface area contributed by atoms with Gasteiger partial charge in [0.2, 0.25) is 5.91 Å². The molecule has 0 aliphatic carbocycles. The third-order valence-electron chi connectivity index (χ3n) is 4.24. The molecule has 138 valence electrons. The Morgan fingerprint density at radius 3 is 2.77 bits per heavy atom. The van der Waals surface area contributed by atoms with Gasteiger partial charge in [-0.3, -0.25) is 4.79 Å². The molecule has 1 unspecified atom stereocenters. The van der Waals surface area contributed by atoms with Crippen LogP contribution < -0.4 is 16.0 Å². The number of anilines is 1. The number of amides is 3. The molecule has 1 aliphatic rings. The number of nitrogens with zero attached hydrogens (tertiary/aromatic N) is 2. The second kappa shape index (κ2) is 8.23. The van der Waals surface area contributed by atoms with Crippen molar-refractivity contribution >= 4 is 29.2 Å². The van der Waals surface area contributed by atoms with Crippen LogP contribution in [0, 0.1) is 0 Å². The standard InChI is InChI=1S/C18H22ClN5O2/c1-12(17(25)23-14-7-5-13(19)6-8-14)21-18(26)20-10-15-11-24-9-3-2-4-16(24)22-15/h5-8,11-12H,2-4,9-10H2,1H3,(H,23,25)(H2,20,21,26). The highest BCUT2D eigenvalue weighted by atomic mass is 35.5. The Morgan fingerprint density at radius 2 is 2.04 bits per heavy atom. The van der Waals surface area contributed by atoms with Crippen molar-refractivity contribution in [1.29, 1.82) is 0 Å². The summed E-state index contributed by atoms with van der Waals surface area (Å²) in [5.41, 5.74) is 1.45. The van der Waals surface area contributed by atoms with Crippen molar-refractivity contribution in [3.05, 3.63) is 47.0 Å². The summed E-state index contributed by atoms with van der Waals surface area (Å²) in [6.07, 6.45) is 5.28. The average Bonchev–Trinajstić information content (AvgIpc) is 3.05. The second-order valence-electron chi connectivity index (χ2n) is 6.34. The number of fused-ring (bicyclic) bond motifs is 1. The molecule has 0 fully saturated rings. The van der Waals surface area contributed by atoms with Gasteiger partial charge in [0.25, 0.3) is 0 Å². The van der Waals surface area contributed by atoms with Gasteiger partial charge in [-0.05, 0) is 44.0 Å². The van der Waals surface area contributed by atoms with Crippen LogP contribution in [-0.4, -0.2) is 27.5 Å². The SMILES string of the molecule is CC(NC(=O)NCc1cn2c(n1)CCCC2)C(=O)Nc1ccc(Cl)cc1. The smallest absolute Gasteiger partial charge is 0.315 e. The van der Waals surface area contributed by atoms with Crippen LogP contribution in [0.4, 0.5) is 10.5 Å². The highest BCUT2D eigenvalue weighted by Gasteiger charge is 2.16. The van der Waals surface area contributed by atoms with E-state index < -0.39 is 12.1 Å². The van der Waals surface area contributed by atoms with Crippen LogP contribution in [0.5, 0.6) is 0 Å². The zero-order valence-electron chi connectivity index (χ0n) is 14.6. The number of nitrogens with one attached hydrogen (secondary N) is 3. The fourth-order valence-corrected chi connectivity index (χ4v) is 2.95. The van der Waals surface area contributed by atoms with Gasteiger partial charge in [-0.15, -0.1) is 0 Å². The van der Waals surface area contributed by atoms with E-state index in [9.17, 15) is 9.59 Å². The summed E-state index contributed by atoms with van der Waals surface area (Å²) in [5.74, 6) is 0.768. The Morgan fingerprint density at radius 1 is 1.27 bits per heavy atom. The largest absolute Gasteiger partial charge is 0.335 e. The van der Waals surface area contributed by atoms with E-state index in [1.807, 2.05) is 6.20 Å². The van der Waals surface area contributed by atoms with Crippen molar-refractivity contribution < 1.29 is 9.59 Å². The fraction of sp³-hybridized carbons (Fsp3) is 0.389. The molecule has 3 rings (SSSR count). The topological polar surface area (TPSA) is 88.1 Å². The lowest BCUT2D eigenvalue weighted by Gasteiger charge is -2.14. The summed E-state index contributed by atoms with van der Waals surface area (Å²) in [4.78, 5) is 28.7. The van der Waals surface area contributed by atoms with Crippen LogP contribution in [0.15, 0.2) is 30.5 Å². The van der Waals surface area contributed by atoms with Crippen LogP contribution in [0.3, 0.4) is 0 Å². The number of hydrogen-bond donors (Lipinski definition) is 3. The summed E-state index contributed by atoms with van der Waals surface area (Å²) >= 11 is 5.81.